The molecule has 0 spiro atoms. The number of likely N-dealkylation sites (tertiary alicyclic amines) is 1. The van der Waals surface area contributed by atoms with E-state index in [1.54, 1.807) is 0 Å². The van der Waals surface area contributed by atoms with E-state index in [1.807, 2.05) is 0 Å². The van der Waals surface area contributed by atoms with Crippen molar-refractivity contribution < 1.29 is 35.5 Å². The number of hydrogen-bond donors (Lipinski definition) is 2. The molecule has 1 aliphatic heterocycles. The van der Waals surface area contributed by atoms with Crippen molar-refractivity contribution >= 4 is 11.8 Å². The number of nitrogens with zero attached hydrogens (tertiary/aromatic N) is 2. The van der Waals surface area contributed by atoms with E-state index in [1.165, 1.54) is 16.6 Å². The minimum atomic E-state index is -5.49. The Labute approximate surface area is 194 Å². The minimum Gasteiger partial charge on any atom is -0.497 e. The topological polar surface area (TPSA) is 93.3 Å². The van der Waals surface area contributed by atoms with Gasteiger partial charge in [-0.15, -0.1) is 0 Å². The van der Waals surface area contributed by atoms with Gasteiger partial charge in [-0.2, -0.15) is 26.3 Å². The quantitative estimate of drug-likeness (QED) is 0.548. The molecule has 14 heteroatoms. The summed E-state index contributed by atoms with van der Waals surface area (Å²) in [5.41, 5.74) is 4.17. The number of ether oxygens (including phenoxy) is 1. The highest BCUT2D eigenvalue weighted by Crippen LogP contribution is 2.45. The first-order chi connectivity index (χ1) is 16.3. The van der Waals surface area contributed by atoms with Crippen molar-refractivity contribution in [1.82, 2.24) is 14.5 Å². The molecule has 3 N–H and O–H groups in total. The van der Waals surface area contributed by atoms with Crippen LogP contribution in [0.2, 0.25) is 0 Å². The highest BCUT2D eigenvalue weighted by molar-refractivity contribution is 5.53. The summed E-state index contributed by atoms with van der Waals surface area (Å²) >= 11 is 0. The van der Waals surface area contributed by atoms with E-state index >= 15 is 4.39 Å². The van der Waals surface area contributed by atoms with E-state index in [9.17, 15) is 35.9 Å². The molecule has 1 aromatic rings. The molecule has 4 unspecified atom stereocenters. The molecular weight excluding hydrogens is 489 g/mol. The fraction of sp³-hybridized carbons (Fsp3) is 0.714. The summed E-state index contributed by atoms with van der Waals surface area (Å²) in [4.78, 5) is 28.5. The lowest BCUT2D eigenvalue weighted by atomic mass is 9.86. The molecule has 0 radical (unpaired) electrons. The van der Waals surface area contributed by atoms with Crippen molar-refractivity contribution in [1.29, 1.82) is 0 Å². The highest BCUT2D eigenvalue weighted by atomic mass is 19.4. The predicted octanol–water partition coefficient (Wildman–Crippen LogP) is 0.764. The first kappa shape index (κ1) is 25.7. The van der Waals surface area contributed by atoms with Crippen LogP contribution in [0.1, 0.15) is 25.3 Å². The first-order valence-corrected chi connectivity index (χ1v) is 11.1. The molecule has 2 heterocycles. The van der Waals surface area contributed by atoms with Crippen LogP contribution in [0.3, 0.4) is 0 Å². The molecule has 7 nitrogen and oxygen atoms in total. The fourth-order valence-corrected chi connectivity index (χ4v) is 5.26. The van der Waals surface area contributed by atoms with Gasteiger partial charge in [0.2, 0.25) is 0 Å². The lowest BCUT2D eigenvalue weighted by Gasteiger charge is -2.33. The van der Waals surface area contributed by atoms with Crippen LogP contribution in [0.15, 0.2) is 9.59 Å². The Kier molecular flexibility index (Phi) is 6.58. The van der Waals surface area contributed by atoms with Crippen LogP contribution in [0.25, 0.3) is 11.8 Å². The molecule has 2 aliphatic carbocycles. The number of nitrogens with one attached hydrogen (secondary N) is 1. The standard InChI is InChI=1S/C21H25F7N4O3/c1-35-17-15-12(18(33)30-19(34)32(15)11-2-3-11)5-13(22)16(17)31-7-9(10(6-29)8-31)4-14(20(23,24)25)21(26,27)28/h5,9-11,13-14,16H,2-4,6-8,29H2,1H3,(H,30,33,34). The largest absolute Gasteiger partial charge is 0.497 e. The maximum absolute atomic E-state index is 15.4. The SMILES string of the molecule is COC1=c2c(c(=O)[nH]c(=O)n2C2CC2)=CC(F)C1N1CC(CN)C(CC(C(F)(F)F)C(F)(F)F)C1. The molecule has 35 heavy (non-hydrogen) atoms. The summed E-state index contributed by atoms with van der Waals surface area (Å²) in [5, 5.41) is -0.0173. The molecule has 2 fully saturated rings. The van der Waals surface area contributed by atoms with Crippen molar-refractivity contribution in [3.63, 3.8) is 0 Å². The second kappa shape index (κ2) is 8.95. The van der Waals surface area contributed by atoms with Gasteiger partial charge >= 0.3 is 18.0 Å². The zero-order valence-corrected chi connectivity index (χ0v) is 18.6. The van der Waals surface area contributed by atoms with E-state index in [2.05, 4.69) is 4.98 Å². The number of methoxy groups -OCH3 is 1. The molecule has 0 bridgehead atoms. The van der Waals surface area contributed by atoms with Gasteiger partial charge in [-0.25, -0.2) is 9.18 Å². The summed E-state index contributed by atoms with van der Waals surface area (Å²) in [7, 11) is 1.21. The van der Waals surface area contributed by atoms with E-state index < -0.39 is 60.0 Å². The number of halogens is 7. The van der Waals surface area contributed by atoms with Crippen LogP contribution in [0, 0.1) is 17.8 Å². The highest BCUT2D eigenvalue weighted by Gasteiger charge is 2.58. The minimum absolute atomic E-state index is 0.0651. The van der Waals surface area contributed by atoms with Gasteiger partial charge in [0.25, 0.3) is 5.56 Å². The third kappa shape index (κ3) is 4.74. The lowest BCUT2D eigenvalue weighted by Crippen LogP contribution is -2.60. The van der Waals surface area contributed by atoms with Gasteiger partial charge in [0.1, 0.15) is 18.0 Å². The third-order valence-electron chi connectivity index (χ3n) is 7.07. The number of rotatable bonds is 6. The van der Waals surface area contributed by atoms with Crippen LogP contribution in [-0.2, 0) is 4.74 Å². The maximum atomic E-state index is 15.4. The molecule has 1 saturated heterocycles. The van der Waals surface area contributed by atoms with Gasteiger partial charge in [-0.05, 0) is 43.7 Å². The van der Waals surface area contributed by atoms with Crippen molar-refractivity contribution in [3.05, 3.63) is 31.4 Å². The Hall–Kier alpha value is -2.35. The third-order valence-corrected chi connectivity index (χ3v) is 7.07. The van der Waals surface area contributed by atoms with Gasteiger partial charge in [-0.1, -0.05) is 0 Å². The maximum Gasteiger partial charge on any atom is 0.400 e. The number of alkyl halides is 7. The molecule has 196 valence electrons. The van der Waals surface area contributed by atoms with Gasteiger partial charge in [0, 0.05) is 19.1 Å². The van der Waals surface area contributed by atoms with Crippen molar-refractivity contribution in [3.8, 4) is 0 Å². The monoisotopic (exact) mass is 514 g/mol. The molecule has 0 aromatic carbocycles. The molecule has 4 rings (SSSR count). The zero-order valence-electron chi connectivity index (χ0n) is 18.6. The van der Waals surface area contributed by atoms with Crippen LogP contribution in [0.5, 0.6) is 0 Å². The summed E-state index contributed by atoms with van der Waals surface area (Å²) < 4.78 is 101. The number of nitrogens with two attached hydrogens (primary N) is 1. The zero-order chi connectivity index (χ0) is 25.9. The van der Waals surface area contributed by atoms with Crippen molar-refractivity contribution in [2.24, 2.45) is 23.5 Å². The number of fused-ring (bicyclic) bond motifs is 1. The molecule has 3 aliphatic rings. The number of aromatic amines is 1. The molecule has 1 saturated carbocycles. The predicted molar refractivity (Wildman–Crippen MR) is 110 cm³/mol. The van der Waals surface area contributed by atoms with E-state index in [0.29, 0.717) is 12.8 Å². The second-order valence-electron chi connectivity index (χ2n) is 9.33. The van der Waals surface area contributed by atoms with Gasteiger partial charge in [-0.3, -0.25) is 19.2 Å². The van der Waals surface area contributed by atoms with Gasteiger partial charge < -0.3 is 10.5 Å². The summed E-state index contributed by atoms with van der Waals surface area (Å²) in [6.45, 7) is -0.549. The van der Waals surface area contributed by atoms with E-state index in [-0.39, 0.29) is 42.0 Å². The summed E-state index contributed by atoms with van der Waals surface area (Å²) in [5.74, 6) is -5.45. The van der Waals surface area contributed by atoms with Crippen LogP contribution in [-0.4, -0.2) is 65.8 Å². The summed E-state index contributed by atoms with van der Waals surface area (Å²) in [6, 6.07) is -1.47. The molecule has 1 aromatic heterocycles. The van der Waals surface area contributed by atoms with Crippen LogP contribution < -0.4 is 27.6 Å². The second-order valence-corrected chi connectivity index (χ2v) is 9.33. The Morgan fingerprint density at radius 3 is 2.23 bits per heavy atom. The van der Waals surface area contributed by atoms with Gasteiger partial charge in [0.05, 0.1) is 17.7 Å². The number of H-pyrrole nitrogens is 1. The Balaban J connectivity index is 1.75. The smallest absolute Gasteiger partial charge is 0.400 e. The Bertz CT molecular complexity index is 1190. The summed E-state index contributed by atoms with van der Waals surface area (Å²) in [6.07, 6.45) is -11.8. The van der Waals surface area contributed by atoms with Crippen molar-refractivity contribution in [2.45, 2.75) is 49.9 Å². The first-order valence-electron chi connectivity index (χ1n) is 11.1. The molecule has 4 atom stereocenters. The normalized spacial score (nSPS) is 27.8. The molecule has 0 amide bonds. The van der Waals surface area contributed by atoms with Gasteiger partial charge in [0.15, 0.2) is 5.92 Å². The number of hydrogen-bond acceptors (Lipinski definition) is 5. The van der Waals surface area contributed by atoms with Crippen LogP contribution >= 0.6 is 0 Å². The van der Waals surface area contributed by atoms with Crippen LogP contribution in [0.4, 0.5) is 30.7 Å². The molecular formula is C21H25F7N4O3. The van der Waals surface area contributed by atoms with E-state index in [0.717, 1.165) is 6.08 Å². The lowest BCUT2D eigenvalue weighted by molar-refractivity contribution is -0.288. The van der Waals surface area contributed by atoms with E-state index in [4.69, 9.17) is 10.5 Å². The average molecular weight is 514 g/mol. The Morgan fingerprint density at radius 1 is 1.11 bits per heavy atom. The average Bonchev–Trinajstić information content (AvgIpc) is 3.49. The fourth-order valence-electron chi connectivity index (χ4n) is 5.26. The van der Waals surface area contributed by atoms with Crippen molar-refractivity contribution in [2.75, 3.05) is 26.7 Å². The number of aromatic nitrogens is 2. The Morgan fingerprint density at radius 2 is 1.71 bits per heavy atom.